The van der Waals surface area contributed by atoms with E-state index in [1.54, 1.807) is 36.4 Å². The highest BCUT2D eigenvalue weighted by Gasteiger charge is 2.55. The molecule has 0 radical (unpaired) electrons. The highest BCUT2D eigenvalue weighted by Crippen LogP contribution is 2.32. The molecule has 2 heterocycles. The molecule has 9 heteroatoms. The van der Waals surface area contributed by atoms with Crippen molar-refractivity contribution >= 4 is 29.1 Å². The number of ether oxygens (including phenoxy) is 1. The van der Waals surface area contributed by atoms with Gasteiger partial charge in [0.15, 0.2) is 12.1 Å². The molecule has 0 saturated carbocycles. The minimum absolute atomic E-state index is 0.214. The summed E-state index contributed by atoms with van der Waals surface area (Å²) in [6.45, 7) is 1.82. The average Bonchev–Trinajstić information content (AvgIpc) is 3.40. The number of imide groups is 1. The van der Waals surface area contributed by atoms with Crippen molar-refractivity contribution in [2.75, 3.05) is 16.8 Å². The minimum Gasteiger partial charge on any atom is -0.457 e. The second kappa shape index (κ2) is 9.38. The number of para-hydroxylation sites is 1. The number of hydrogen-bond acceptors (Lipinski definition) is 7. The summed E-state index contributed by atoms with van der Waals surface area (Å²) in [7, 11) is 0. The number of benzene rings is 3. The summed E-state index contributed by atoms with van der Waals surface area (Å²) >= 11 is 0. The van der Waals surface area contributed by atoms with Crippen LogP contribution >= 0.6 is 0 Å². The van der Waals surface area contributed by atoms with E-state index in [9.17, 15) is 14.4 Å². The predicted molar refractivity (Wildman–Crippen MR) is 129 cm³/mol. The molecule has 1 saturated heterocycles. The highest BCUT2D eigenvalue weighted by molar-refractivity contribution is 6.25. The van der Waals surface area contributed by atoms with Gasteiger partial charge in [0.1, 0.15) is 18.0 Å². The van der Waals surface area contributed by atoms with Gasteiger partial charge < -0.3 is 10.1 Å². The molecule has 5 rings (SSSR count). The number of carbonyl (C=O) groups is 3. The zero-order chi connectivity index (χ0) is 24.4. The third kappa shape index (κ3) is 4.48. The van der Waals surface area contributed by atoms with E-state index in [2.05, 4.69) is 15.7 Å². The summed E-state index contributed by atoms with van der Waals surface area (Å²) in [5.74, 6) is 0.0820. The zero-order valence-corrected chi connectivity index (χ0v) is 19.0. The quantitative estimate of drug-likeness (QED) is 0.528. The lowest BCUT2D eigenvalue weighted by molar-refractivity contribution is -0.123. The Morgan fingerprint density at radius 1 is 0.914 bits per heavy atom. The van der Waals surface area contributed by atoms with Crippen molar-refractivity contribution in [1.82, 2.24) is 5.01 Å². The van der Waals surface area contributed by atoms with Crippen molar-refractivity contribution in [2.45, 2.75) is 25.4 Å². The number of aryl methyl sites for hydroxylation is 1. The number of nitrogens with one attached hydrogen (secondary N) is 1. The molecule has 0 spiro atoms. The first-order valence-electron chi connectivity index (χ1n) is 11.3. The van der Waals surface area contributed by atoms with E-state index in [-0.39, 0.29) is 12.5 Å². The molecular weight excluding hydrogens is 446 g/mol. The lowest BCUT2D eigenvalue weighted by Gasteiger charge is -2.20. The number of anilines is 2. The Labute approximate surface area is 202 Å². The van der Waals surface area contributed by atoms with E-state index in [0.29, 0.717) is 22.9 Å². The monoisotopic (exact) mass is 469 g/mol. The molecule has 2 unspecified atom stereocenters. The summed E-state index contributed by atoms with van der Waals surface area (Å²) in [6, 6.07) is 21.7. The molecule has 2 atom stereocenters. The van der Waals surface area contributed by atoms with Gasteiger partial charge in [0.25, 0.3) is 11.8 Å². The van der Waals surface area contributed by atoms with Crippen LogP contribution in [0.25, 0.3) is 0 Å². The van der Waals surface area contributed by atoms with Gasteiger partial charge in [-0.3, -0.25) is 19.4 Å². The molecule has 0 bridgehead atoms. The van der Waals surface area contributed by atoms with Crippen molar-refractivity contribution in [2.24, 2.45) is 10.3 Å². The molecule has 1 N–H and O–H groups in total. The average molecular weight is 470 g/mol. The van der Waals surface area contributed by atoms with Gasteiger partial charge in [0.05, 0.1) is 5.69 Å². The number of fused-ring (bicyclic) bond motifs is 1. The first kappa shape index (κ1) is 22.3. The summed E-state index contributed by atoms with van der Waals surface area (Å²) in [4.78, 5) is 39.7. The van der Waals surface area contributed by atoms with Gasteiger partial charge in [-0.1, -0.05) is 42.5 Å². The van der Waals surface area contributed by atoms with E-state index < -0.39 is 23.9 Å². The molecule has 2 aliphatic rings. The molecular formula is C26H23N5O4. The van der Waals surface area contributed by atoms with Gasteiger partial charge in [-0.05, 0) is 60.5 Å². The lowest BCUT2D eigenvalue weighted by atomic mass is 10.1. The van der Waals surface area contributed by atoms with Crippen LogP contribution in [0.5, 0.6) is 11.5 Å². The Hall–Kier alpha value is -4.53. The summed E-state index contributed by atoms with van der Waals surface area (Å²) in [6.07, 6.45) is 0.854. The standard InChI is InChI=1S/C26H23N5O4/c1-2-17-8-12-19(13-9-17)31-25(33)23-24(26(31)34)30(29-28-23)16-22(32)27-18-10-14-21(15-11-18)35-20-6-4-3-5-7-20/h3-15,23-24H,2,16H2,1H3,(H,27,32). The topological polar surface area (TPSA) is 104 Å². The molecule has 0 aliphatic carbocycles. The van der Waals surface area contributed by atoms with Crippen LogP contribution in [0.15, 0.2) is 89.2 Å². The number of carbonyl (C=O) groups excluding carboxylic acids is 3. The number of nitrogens with zero attached hydrogens (tertiary/aromatic N) is 4. The van der Waals surface area contributed by atoms with Gasteiger partial charge in [0.2, 0.25) is 5.91 Å². The van der Waals surface area contributed by atoms with Crippen LogP contribution in [0.1, 0.15) is 12.5 Å². The zero-order valence-electron chi connectivity index (χ0n) is 19.0. The second-order valence-corrected chi connectivity index (χ2v) is 8.21. The second-order valence-electron chi connectivity index (χ2n) is 8.21. The van der Waals surface area contributed by atoms with Crippen molar-refractivity contribution in [3.63, 3.8) is 0 Å². The van der Waals surface area contributed by atoms with E-state index >= 15 is 0 Å². The van der Waals surface area contributed by atoms with E-state index in [0.717, 1.165) is 16.9 Å². The Kier molecular flexibility index (Phi) is 5.97. The van der Waals surface area contributed by atoms with Crippen LogP contribution in [0.2, 0.25) is 0 Å². The fourth-order valence-corrected chi connectivity index (χ4v) is 4.07. The van der Waals surface area contributed by atoms with Gasteiger partial charge >= 0.3 is 0 Å². The fraction of sp³-hybridized carbons (Fsp3) is 0.192. The SMILES string of the molecule is CCc1ccc(N2C(=O)C3N=NN(CC(=O)Nc4ccc(Oc5ccccc5)cc4)C3C2=O)cc1. The molecule has 176 valence electrons. The van der Waals surface area contributed by atoms with E-state index in [4.69, 9.17) is 4.74 Å². The molecule has 3 amide bonds. The van der Waals surface area contributed by atoms with E-state index in [1.165, 1.54) is 5.01 Å². The van der Waals surface area contributed by atoms with Crippen molar-refractivity contribution in [3.8, 4) is 11.5 Å². The predicted octanol–water partition coefficient (Wildman–Crippen LogP) is 3.97. The van der Waals surface area contributed by atoms with Gasteiger partial charge in [-0.25, -0.2) is 4.90 Å². The third-order valence-corrected chi connectivity index (χ3v) is 5.88. The minimum atomic E-state index is -0.949. The Morgan fingerprint density at radius 3 is 2.29 bits per heavy atom. The first-order valence-corrected chi connectivity index (χ1v) is 11.3. The van der Waals surface area contributed by atoms with Gasteiger partial charge in [0, 0.05) is 5.69 Å². The Balaban J connectivity index is 1.21. The summed E-state index contributed by atoms with van der Waals surface area (Å²) in [5, 5.41) is 11.9. The Morgan fingerprint density at radius 2 is 1.60 bits per heavy atom. The van der Waals surface area contributed by atoms with Crippen LogP contribution in [-0.2, 0) is 20.8 Å². The normalized spacial score (nSPS) is 18.7. The molecule has 35 heavy (non-hydrogen) atoms. The van der Waals surface area contributed by atoms with Crippen LogP contribution in [0.3, 0.4) is 0 Å². The molecule has 1 fully saturated rings. The summed E-state index contributed by atoms with van der Waals surface area (Å²) in [5.41, 5.74) is 2.16. The molecule has 3 aromatic rings. The molecule has 2 aliphatic heterocycles. The van der Waals surface area contributed by atoms with Crippen molar-refractivity contribution < 1.29 is 19.1 Å². The molecule has 3 aromatic carbocycles. The van der Waals surface area contributed by atoms with Gasteiger partial charge in [-0.2, -0.15) is 5.11 Å². The van der Waals surface area contributed by atoms with Crippen LogP contribution < -0.4 is 15.0 Å². The number of amides is 3. The Bertz CT molecular complexity index is 1280. The maximum atomic E-state index is 13.1. The fourth-order valence-electron chi connectivity index (χ4n) is 4.07. The van der Waals surface area contributed by atoms with Crippen molar-refractivity contribution in [3.05, 3.63) is 84.4 Å². The smallest absolute Gasteiger partial charge is 0.263 e. The first-order chi connectivity index (χ1) is 17.0. The summed E-state index contributed by atoms with van der Waals surface area (Å²) < 4.78 is 5.75. The van der Waals surface area contributed by atoms with Gasteiger partial charge in [-0.15, -0.1) is 0 Å². The van der Waals surface area contributed by atoms with Crippen molar-refractivity contribution in [1.29, 1.82) is 0 Å². The van der Waals surface area contributed by atoms with Crippen LogP contribution in [0, 0.1) is 0 Å². The maximum Gasteiger partial charge on any atom is 0.263 e. The molecule has 0 aromatic heterocycles. The lowest BCUT2D eigenvalue weighted by Crippen LogP contribution is -2.43. The van der Waals surface area contributed by atoms with Crippen LogP contribution in [0.4, 0.5) is 11.4 Å². The number of hydrogen-bond donors (Lipinski definition) is 1. The number of rotatable bonds is 7. The molecule has 9 nitrogen and oxygen atoms in total. The van der Waals surface area contributed by atoms with Crippen LogP contribution in [-0.4, -0.2) is 41.4 Å². The van der Waals surface area contributed by atoms with E-state index in [1.807, 2.05) is 49.4 Å². The highest BCUT2D eigenvalue weighted by atomic mass is 16.5. The third-order valence-electron chi connectivity index (χ3n) is 5.88. The largest absolute Gasteiger partial charge is 0.457 e. The maximum absolute atomic E-state index is 13.1.